The van der Waals surface area contributed by atoms with Crippen LogP contribution in [-0.2, 0) is 0 Å². The molecule has 0 saturated carbocycles. The largest absolute Gasteiger partial charge is 0.493 e. The number of benzene rings is 1. The van der Waals surface area contributed by atoms with Crippen LogP contribution >= 0.6 is 15.9 Å². The Morgan fingerprint density at radius 2 is 1.73 bits per heavy atom. The lowest BCUT2D eigenvalue weighted by molar-refractivity contribution is 0.147. The van der Waals surface area contributed by atoms with Gasteiger partial charge >= 0.3 is 0 Å². The SMILES string of the molecule is COc1ccc(C(Br)C(F)F)cc1OC. The van der Waals surface area contributed by atoms with Crippen molar-refractivity contribution in [2.45, 2.75) is 11.3 Å². The van der Waals surface area contributed by atoms with Crippen LogP contribution < -0.4 is 9.47 Å². The van der Waals surface area contributed by atoms with Crippen molar-refractivity contribution in [2.75, 3.05) is 14.2 Å². The molecule has 1 aromatic carbocycles. The summed E-state index contributed by atoms with van der Waals surface area (Å²) >= 11 is 2.91. The molecule has 1 unspecified atom stereocenters. The molecule has 0 fully saturated rings. The molecule has 0 aliphatic rings. The molecule has 1 rings (SSSR count). The van der Waals surface area contributed by atoms with Crippen LogP contribution in [0, 0.1) is 0 Å². The van der Waals surface area contributed by atoms with Crippen molar-refractivity contribution in [2.24, 2.45) is 0 Å². The number of hydrogen-bond donors (Lipinski definition) is 0. The second kappa shape index (κ2) is 5.30. The maximum Gasteiger partial charge on any atom is 0.255 e. The average Bonchev–Trinajstić information content (AvgIpc) is 2.26. The van der Waals surface area contributed by atoms with Gasteiger partial charge in [-0.3, -0.25) is 0 Å². The summed E-state index contributed by atoms with van der Waals surface area (Å²) in [4.78, 5) is -0.989. The van der Waals surface area contributed by atoms with Crippen LogP contribution in [0.1, 0.15) is 10.4 Å². The van der Waals surface area contributed by atoms with Gasteiger partial charge in [-0.2, -0.15) is 0 Å². The average molecular weight is 281 g/mol. The monoisotopic (exact) mass is 280 g/mol. The standard InChI is InChI=1S/C10H11BrF2O2/c1-14-7-4-3-6(5-8(7)15-2)9(11)10(12)13/h3-5,9-10H,1-2H3. The van der Waals surface area contributed by atoms with Crippen molar-refractivity contribution in [1.29, 1.82) is 0 Å². The fourth-order valence-corrected chi connectivity index (χ4v) is 1.45. The second-order valence-electron chi connectivity index (χ2n) is 2.85. The Morgan fingerprint density at radius 3 is 2.20 bits per heavy atom. The van der Waals surface area contributed by atoms with E-state index in [9.17, 15) is 8.78 Å². The van der Waals surface area contributed by atoms with E-state index in [4.69, 9.17) is 9.47 Å². The van der Waals surface area contributed by atoms with Crippen molar-refractivity contribution in [3.8, 4) is 11.5 Å². The molecule has 0 heterocycles. The summed E-state index contributed by atoms with van der Waals surface area (Å²) < 4.78 is 34.8. The summed E-state index contributed by atoms with van der Waals surface area (Å²) in [7, 11) is 2.96. The van der Waals surface area contributed by atoms with Gasteiger partial charge in [0.2, 0.25) is 0 Å². The molecule has 0 bridgehead atoms. The zero-order valence-electron chi connectivity index (χ0n) is 8.34. The van der Waals surface area contributed by atoms with Gasteiger partial charge in [0, 0.05) is 0 Å². The third kappa shape index (κ3) is 2.81. The first-order chi connectivity index (χ1) is 7.10. The number of methoxy groups -OCH3 is 2. The molecule has 0 spiro atoms. The van der Waals surface area contributed by atoms with E-state index < -0.39 is 11.3 Å². The highest BCUT2D eigenvalue weighted by Gasteiger charge is 2.20. The zero-order valence-corrected chi connectivity index (χ0v) is 9.92. The molecule has 15 heavy (non-hydrogen) atoms. The van der Waals surface area contributed by atoms with Crippen molar-refractivity contribution in [1.82, 2.24) is 0 Å². The van der Waals surface area contributed by atoms with Crippen molar-refractivity contribution < 1.29 is 18.3 Å². The summed E-state index contributed by atoms with van der Waals surface area (Å²) in [6.45, 7) is 0. The Labute approximate surface area is 95.3 Å². The smallest absolute Gasteiger partial charge is 0.255 e. The Balaban J connectivity index is 3.02. The van der Waals surface area contributed by atoms with Gasteiger partial charge in [-0.15, -0.1) is 0 Å². The van der Waals surface area contributed by atoms with Crippen molar-refractivity contribution in [3.05, 3.63) is 23.8 Å². The normalized spacial score (nSPS) is 12.7. The molecule has 0 saturated heterocycles. The molecular formula is C10H11BrF2O2. The minimum Gasteiger partial charge on any atom is -0.493 e. The van der Waals surface area contributed by atoms with Crippen LogP contribution in [0.2, 0.25) is 0 Å². The third-order valence-electron chi connectivity index (χ3n) is 1.95. The molecule has 2 nitrogen and oxygen atoms in total. The van der Waals surface area contributed by atoms with Gasteiger partial charge in [0.05, 0.1) is 14.2 Å². The van der Waals surface area contributed by atoms with Crippen molar-refractivity contribution in [3.63, 3.8) is 0 Å². The van der Waals surface area contributed by atoms with Crippen LogP contribution in [0.4, 0.5) is 8.78 Å². The van der Waals surface area contributed by atoms with Crippen LogP contribution in [0.3, 0.4) is 0 Å². The Hall–Kier alpha value is -0.840. The van der Waals surface area contributed by atoms with Crippen LogP contribution in [0.25, 0.3) is 0 Å². The predicted molar refractivity (Wildman–Crippen MR) is 57.2 cm³/mol. The summed E-state index contributed by atoms with van der Waals surface area (Å²) in [6.07, 6.45) is -2.46. The van der Waals surface area contributed by atoms with E-state index in [1.54, 1.807) is 12.1 Å². The highest BCUT2D eigenvalue weighted by molar-refractivity contribution is 9.09. The number of halogens is 3. The first-order valence-corrected chi connectivity index (χ1v) is 5.16. The van der Waals surface area contributed by atoms with E-state index in [0.29, 0.717) is 17.1 Å². The topological polar surface area (TPSA) is 18.5 Å². The Kier molecular flexibility index (Phi) is 4.32. The molecule has 0 aliphatic heterocycles. The molecular weight excluding hydrogens is 270 g/mol. The lowest BCUT2D eigenvalue weighted by Crippen LogP contribution is -2.02. The van der Waals surface area contributed by atoms with Gasteiger partial charge in [0.1, 0.15) is 4.83 Å². The van der Waals surface area contributed by atoms with Gasteiger partial charge < -0.3 is 9.47 Å². The minimum atomic E-state index is -2.46. The molecule has 0 radical (unpaired) electrons. The second-order valence-corrected chi connectivity index (χ2v) is 3.84. The zero-order chi connectivity index (χ0) is 11.4. The highest BCUT2D eigenvalue weighted by atomic mass is 79.9. The number of ether oxygens (including phenoxy) is 2. The molecule has 0 aromatic heterocycles. The first kappa shape index (κ1) is 12.2. The number of hydrogen-bond acceptors (Lipinski definition) is 2. The van der Waals surface area contributed by atoms with E-state index in [2.05, 4.69) is 15.9 Å². The van der Waals surface area contributed by atoms with Crippen molar-refractivity contribution >= 4 is 15.9 Å². The number of alkyl halides is 3. The fraction of sp³-hybridized carbons (Fsp3) is 0.400. The van der Waals surface area contributed by atoms with Gasteiger partial charge in [-0.1, -0.05) is 22.0 Å². The Morgan fingerprint density at radius 1 is 1.13 bits per heavy atom. The van der Waals surface area contributed by atoms with E-state index in [0.717, 1.165) is 0 Å². The maximum atomic E-state index is 12.4. The first-order valence-electron chi connectivity index (χ1n) is 4.24. The Bertz CT molecular complexity index is 331. The summed E-state index contributed by atoms with van der Waals surface area (Å²) in [5.41, 5.74) is 0.461. The molecule has 5 heteroatoms. The van der Waals surface area contributed by atoms with E-state index in [1.807, 2.05) is 0 Å². The molecule has 0 aliphatic carbocycles. The van der Waals surface area contributed by atoms with Gasteiger partial charge in [0.25, 0.3) is 6.43 Å². The summed E-state index contributed by atoms with van der Waals surface area (Å²) in [5.74, 6) is 0.968. The highest BCUT2D eigenvalue weighted by Crippen LogP contribution is 2.35. The predicted octanol–water partition coefficient (Wildman–Crippen LogP) is 3.40. The van der Waals surface area contributed by atoms with E-state index >= 15 is 0 Å². The van der Waals surface area contributed by atoms with Gasteiger partial charge in [-0.05, 0) is 17.7 Å². The molecule has 84 valence electrons. The van der Waals surface area contributed by atoms with Gasteiger partial charge in [0.15, 0.2) is 11.5 Å². The maximum absolute atomic E-state index is 12.4. The van der Waals surface area contributed by atoms with E-state index in [1.165, 1.54) is 20.3 Å². The van der Waals surface area contributed by atoms with Crippen LogP contribution in [-0.4, -0.2) is 20.6 Å². The van der Waals surface area contributed by atoms with Crippen LogP contribution in [0.5, 0.6) is 11.5 Å². The quantitative estimate of drug-likeness (QED) is 0.787. The lowest BCUT2D eigenvalue weighted by Gasteiger charge is -2.12. The lowest BCUT2D eigenvalue weighted by atomic mass is 10.1. The third-order valence-corrected chi connectivity index (χ3v) is 2.88. The van der Waals surface area contributed by atoms with Gasteiger partial charge in [-0.25, -0.2) is 8.78 Å². The number of rotatable bonds is 4. The fourth-order valence-electron chi connectivity index (χ4n) is 1.17. The summed E-state index contributed by atoms with van der Waals surface area (Å²) in [5, 5.41) is 0. The van der Waals surface area contributed by atoms with Crippen LogP contribution in [0.15, 0.2) is 18.2 Å². The molecule has 1 aromatic rings. The minimum absolute atomic E-state index is 0.445. The molecule has 1 atom stereocenters. The molecule has 0 amide bonds. The summed E-state index contributed by atoms with van der Waals surface area (Å²) in [6, 6.07) is 4.71. The molecule has 0 N–H and O–H groups in total. The van der Waals surface area contributed by atoms with E-state index in [-0.39, 0.29) is 0 Å².